The molecule has 1 fully saturated rings. The third-order valence-corrected chi connectivity index (χ3v) is 3.21. The molecule has 9 nitrogen and oxygen atoms in total. The lowest BCUT2D eigenvalue weighted by Gasteiger charge is -2.34. The van der Waals surface area contributed by atoms with E-state index in [0.29, 0.717) is 19.5 Å². The normalized spacial score (nSPS) is 18.6. The second-order valence-electron chi connectivity index (χ2n) is 4.31. The number of nitrogens with zero attached hydrogens (tertiary/aromatic N) is 4. The van der Waals surface area contributed by atoms with Gasteiger partial charge < -0.3 is 15.5 Å². The summed E-state index contributed by atoms with van der Waals surface area (Å²) in [6.07, 6.45) is 1.80. The molecule has 0 radical (unpaired) electrons. The first kappa shape index (κ1) is 14.0. The minimum absolute atomic E-state index is 0.140. The molecule has 9 heteroatoms. The highest BCUT2D eigenvalue weighted by Crippen LogP contribution is 2.33. The first-order valence-electron chi connectivity index (χ1n) is 6.31. The Kier molecular flexibility index (Phi) is 3.97. The van der Waals surface area contributed by atoms with Crippen LogP contribution in [0.1, 0.15) is 13.3 Å². The van der Waals surface area contributed by atoms with Crippen LogP contribution < -0.4 is 15.5 Å². The van der Waals surface area contributed by atoms with E-state index < -0.39 is 11.0 Å². The molecule has 1 aliphatic heterocycles. The van der Waals surface area contributed by atoms with E-state index in [1.807, 2.05) is 6.92 Å². The fourth-order valence-corrected chi connectivity index (χ4v) is 2.30. The van der Waals surface area contributed by atoms with E-state index in [-0.39, 0.29) is 23.2 Å². The summed E-state index contributed by atoms with van der Waals surface area (Å²) in [5.74, 6) is 0.176. The second kappa shape index (κ2) is 5.68. The van der Waals surface area contributed by atoms with Crippen LogP contribution in [0.2, 0.25) is 0 Å². The molecule has 1 aliphatic rings. The topological polar surface area (TPSA) is 113 Å². The van der Waals surface area contributed by atoms with Gasteiger partial charge in [-0.25, -0.2) is 9.97 Å². The molecule has 1 unspecified atom stereocenters. The van der Waals surface area contributed by atoms with Gasteiger partial charge in [-0.15, -0.1) is 0 Å². The fourth-order valence-electron chi connectivity index (χ4n) is 2.30. The summed E-state index contributed by atoms with van der Waals surface area (Å²) < 4.78 is 0. The first-order chi connectivity index (χ1) is 9.60. The lowest BCUT2D eigenvalue weighted by atomic mass is 10.1. The Morgan fingerprint density at radius 2 is 2.35 bits per heavy atom. The number of aromatic nitrogens is 2. The Bertz CT molecular complexity index is 535. The maximum absolute atomic E-state index is 11.9. The first-order valence-corrected chi connectivity index (χ1v) is 6.31. The van der Waals surface area contributed by atoms with Crippen molar-refractivity contribution < 1.29 is 9.72 Å². The lowest BCUT2D eigenvalue weighted by Crippen LogP contribution is -2.55. The van der Waals surface area contributed by atoms with Gasteiger partial charge in [0.1, 0.15) is 12.4 Å². The van der Waals surface area contributed by atoms with Crippen LogP contribution in [0.4, 0.5) is 17.3 Å². The lowest BCUT2D eigenvalue weighted by molar-refractivity contribution is -0.383. The Balaban J connectivity index is 2.50. The Morgan fingerprint density at radius 3 is 2.95 bits per heavy atom. The number of piperazine rings is 1. The minimum atomic E-state index is -0.527. The molecule has 20 heavy (non-hydrogen) atoms. The molecule has 1 aromatic rings. The van der Waals surface area contributed by atoms with Crippen molar-refractivity contribution in [3.8, 4) is 0 Å². The van der Waals surface area contributed by atoms with Gasteiger partial charge in [0.15, 0.2) is 0 Å². The molecule has 1 atom stereocenters. The van der Waals surface area contributed by atoms with Crippen molar-refractivity contribution in [1.29, 1.82) is 0 Å². The van der Waals surface area contributed by atoms with Crippen molar-refractivity contribution >= 4 is 23.2 Å². The minimum Gasteiger partial charge on any atom is -0.367 e. The molecular formula is C11H16N6O3. The standard InChI is InChI=1S/C11H16N6O3/c1-3-7-11(18)13-4-5-16(7)10-8(17(19)20)9(12-2)14-6-15-10/h6-7H,3-5H2,1-2H3,(H,13,18)(H,12,14,15). The number of rotatable bonds is 4. The van der Waals surface area contributed by atoms with Crippen molar-refractivity contribution in [3.63, 3.8) is 0 Å². The predicted octanol–water partition coefficient (Wildman–Crippen LogP) is 0.141. The van der Waals surface area contributed by atoms with Gasteiger partial charge in [0.05, 0.1) is 4.92 Å². The monoisotopic (exact) mass is 280 g/mol. The molecule has 0 bridgehead atoms. The quantitative estimate of drug-likeness (QED) is 0.595. The Hall–Kier alpha value is -2.45. The average molecular weight is 280 g/mol. The fraction of sp³-hybridized carbons (Fsp3) is 0.545. The van der Waals surface area contributed by atoms with Crippen molar-refractivity contribution in [1.82, 2.24) is 15.3 Å². The van der Waals surface area contributed by atoms with Crippen LogP contribution in [0.3, 0.4) is 0 Å². The molecule has 0 saturated carbocycles. The number of hydrogen-bond donors (Lipinski definition) is 2. The smallest absolute Gasteiger partial charge is 0.353 e. The largest absolute Gasteiger partial charge is 0.367 e. The number of anilines is 2. The SMILES string of the molecule is CCC1C(=O)NCCN1c1ncnc(NC)c1[N+](=O)[O-]. The van der Waals surface area contributed by atoms with E-state index >= 15 is 0 Å². The highest BCUT2D eigenvalue weighted by molar-refractivity contribution is 5.87. The van der Waals surface area contributed by atoms with Gasteiger partial charge in [-0.1, -0.05) is 6.92 Å². The molecule has 2 rings (SSSR count). The number of amides is 1. The van der Waals surface area contributed by atoms with Gasteiger partial charge in [-0.2, -0.15) is 0 Å². The summed E-state index contributed by atoms with van der Waals surface area (Å²) in [5.41, 5.74) is -0.205. The van der Waals surface area contributed by atoms with Gasteiger partial charge in [0, 0.05) is 20.1 Å². The molecule has 2 heterocycles. The Labute approximate surface area is 115 Å². The van der Waals surface area contributed by atoms with E-state index in [9.17, 15) is 14.9 Å². The molecule has 1 aromatic heterocycles. The van der Waals surface area contributed by atoms with E-state index in [4.69, 9.17) is 0 Å². The van der Waals surface area contributed by atoms with Crippen molar-refractivity contribution in [3.05, 3.63) is 16.4 Å². The van der Waals surface area contributed by atoms with Crippen LogP contribution in [0.15, 0.2) is 6.33 Å². The molecule has 108 valence electrons. The molecule has 0 aromatic carbocycles. The predicted molar refractivity (Wildman–Crippen MR) is 72.7 cm³/mol. The van der Waals surface area contributed by atoms with Crippen molar-refractivity contribution in [2.45, 2.75) is 19.4 Å². The van der Waals surface area contributed by atoms with Gasteiger partial charge in [-0.3, -0.25) is 14.9 Å². The van der Waals surface area contributed by atoms with Crippen LogP contribution in [0.5, 0.6) is 0 Å². The zero-order chi connectivity index (χ0) is 14.7. The zero-order valence-electron chi connectivity index (χ0n) is 11.3. The summed E-state index contributed by atoms with van der Waals surface area (Å²) >= 11 is 0. The summed E-state index contributed by atoms with van der Waals surface area (Å²) in [6, 6.07) is -0.456. The highest BCUT2D eigenvalue weighted by atomic mass is 16.6. The third-order valence-electron chi connectivity index (χ3n) is 3.21. The maximum Gasteiger partial charge on any atom is 0.353 e. The highest BCUT2D eigenvalue weighted by Gasteiger charge is 2.35. The van der Waals surface area contributed by atoms with Crippen molar-refractivity contribution in [2.24, 2.45) is 0 Å². The maximum atomic E-state index is 11.9. The van der Waals surface area contributed by atoms with E-state index in [0.717, 1.165) is 0 Å². The third kappa shape index (κ3) is 2.33. The van der Waals surface area contributed by atoms with Gasteiger partial charge >= 0.3 is 5.69 Å². The Morgan fingerprint density at radius 1 is 1.60 bits per heavy atom. The van der Waals surface area contributed by atoms with E-state index in [1.54, 1.807) is 11.9 Å². The van der Waals surface area contributed by atoms with Gasteiger partial charge in [-0.05, 0) is 6.42 Å². The average Bonchev–Trinajstić information content (AvgIpc) is 2.45. The second-order valence-corrected chi connectivity index (χ2v) is 4.31. The molecule has 0 spiro atoms. The molecular weight excluding hydrogens is 264 g/mol. The molecule has 1 saturated heterocycles. The summed E-state index contributed by atoms with van der Waals surface area (Å²) in [6.45, 7) is 2.77. The number of nitro groups is 1. The molecule has 2 N–H and O–H groups in total. The van der Waals surface area contributed by atoms with Crippen LogP contribution >= 0.6 is 0 Å². The van der Waals surface area contributed by atoms with E-state index in [1.165, 1.54) is 6.33 Å². The number of hydrogen-bond acceptors (Lipinski definition) is 7. The van der Waals surface area contributed by atoms with Crippen LogP contribution in [-0.4, -0.2) is 47.0 Å². The summed E-state index contributed by atoms with van der Waals surface area (Å²) in [5, 5.41) is 16.7. The van der Waals surface area contributed by atoms with Gasteiger partial charge in [0.25, 0.3) is 0 Å². The summed E-state index contributed by atoms with van der Waals surface area (Å²) in [4.78, 5) is 32.2. The van der Waals surface area contributed by atoms with E-state index in [2.05, 4.69) is 20.6 Å². The number of carbonyl (C=O) groups excluding carboxylic acids is 1. The number of nitrogens with one attached hydrogen (secondary N) is 2. The van der Waals surface area contributed by atoms with Crippen LogP contribution in [0.25, 0.3) is 0 Å². The zero-order valence-corrected chi connectivity index (χ0v) is 11.3. The van der Waals surface area contributed by atoms with Crippen molar-refractivity contribution in [2.75, 3.05) is 30.4 Å². The molecule has 0 aliphatic carbocycles. The number of carbonyl (C=O) groups is 1. The summed E-state index contributed by atoms with van der Waals surface area (Å²) in [7, 11) is 1.55. The molecule has 1 amide bonds. The van der Waals surface area contributed by atoms with Gasteiger partial charge in [0.2, 0.25) is 17.5 Å². The van der Waals surface area contributed by atoms with Crippen LogP contribution in [0, 0.1) is 10.1 Å². The van der Waals surface area contributed by atoms with Crippen LogP contribution in [-0.2, 0) is 4.79 Å².